The molecular formula is C11H11N4W-. The fourth-order valence-corrected chi connectivity index (χ4v) is 1.16. The van der Waals surface area contributed by atoms with Gasteiger partial charge < -0.3 is 0 Å². The van der Waals surface area contributed by atoms with Crippen molar-refractivity contribution < 1.29 is 19.4 Å². The van der Waals surface area contributed by atoms with Crippen LogP contribution in [0.25, 0.3) is 4.85 Å². The molecular weight excluding hydrogens is 372 g/mol. The standard InChI is InChI=1S/C11H11N4.W/c1-9(2)5-10(3)7-14-15-11(6-12)8-13-4;/h1,5,14H,8H2,2-3H3;/q-1;/b10-5-,15-11-;. The predicted molar refractivity (Wildman–Crippen MR) is 59.9 cm³/mol. The normalized spacial score (nSPS) is 11.2. The van der Waals surface area contributed by atoms with Gasteiger partial charge in [-0.05, 0) is 0 Å². The fraction of sp³-hybridized carbons (Fsp3) is 0.273. The monoisotopic (exact) mass is 383 g/mol. The molecule has 0 rings (SSSR count). The van der Waals surface area contributed by atoms with Crippen LogP contribution in [-0.4, -0.2) is 16.3 Å². The van der Waals surface area contributed by atoms with Crippen LogP contribution < -0.4 is 5.43 Å². The Labute approximate surface area is 107 Å². The van der Waals surface area contributed by atoms with Crippen molar-refractivity contribution in [2.24, 2.45) is 5.10 Å². The van der Waals surface area contributed by atoms with E-state index in [0.717, 1.165) is 9.59 Å². The van der Waals surface area contributed by atoms with Crippen molar-refractivity contribution in [3.8, 4) is 6.07 Å². The quantitative estimate of drug-likeness (QED) is 0.338. The van der Waals surface area contributed by atoms with E-state index in [0.29, 0.717) is 5.57 Å². The van der Waals surface area contributed by atoms with Crippen molar-refractivity contribution >= 4 is 9.73 Å². The third-order valence-corrected chi connectivity index (χ3v) is 2.94. The number of nitriles is 1. The molecule has 0 radical (unpaired) electrons. The summed E-state index contributed by atoms with van der Waals surface area (Å²) in [7, 11) is 0. The van der Waals surface area contributed by atoms with Crippen LogP contribution in [0.2, 0.25) is 0 Å². The van der Waals surface area contributed by atoms with Gasteiger partial charge in [0.1, 0.15) is 0 Å². The van der Waals surface area contributed by atoms with Crippen LogP contribution in [0.5, 0.6) is 0 Å². The summed E-state index contributed by atoms with van der Waals surface area (Å²) >= 11 is 1.19. The molecule has 0 aliphatic heterocycles. The van der Waals surface area contributed by atoms with Gasteiger partial charge in [-0.2, -0.15) is 0 Å². The summed E-state index contributed by atoms with van der Waals surface area (Å²) in [4.78, 5) is 3.09. The Morgan fingerprint density at radius 2 is 2.31 bits per heavy atom. The van der Waals surface area contributed by atoms with E-state index in [1.165, 1.54) is 19.4 Å². The fourth-order valence-electron chi connectivity index (χ4n) is 0.784. The number of rotatable bonds is 5. The first-order valence-corrected chi connectivity index (χ1v) is 5.85. The van der Waals surface area contributed by atoms with Gasteiger partial charge in [-0.3, -0.25) is 0 Å². The first kappa shape index (κ1) is 14.5. The SMILES string of the molecule is [C-]#[N+]C/C(C#N)=N\N[C](=[W])/C(C)=C\C(=[CH-])C. The van der Waals surface area contributed by atoms with Gasteiger partial charge >= 0.3 is 107 Å². The molecule has 0 unspecified atom stereocenters. The summed E-state index contributed by atoms with van der Waals surface area (Å²) < 4.78 is 0.877. The van der Waals surface area contributed by atoms with Gasteiger partial charge in [0.05, 0.1) is 0 Å². The van der Waals surface area contributed by atoms with E-state index in [2.05, 4.69) is 15.4 Å². The van der Waals surface area contributed by atoms with E-state index in [-0.39, 0.29) is 12.3 Å². The molecule has 0 aromatic rings. The van der Waals surface area contributed by atoms with Gasteiger partial charge in [-0.25, -0.2) is 0 Å². The van der Waals surface area contributed by atoms with Crippen LogP contribution >= 0.6 is 0 Å². The molecule has 82 valence electrons. The minimum atomic E-state index is -0.00306. The second kappa shape index (κ2) is 7.74. The molecule has 1 N–H and O–H groups in total. The molecule has 0 spiro atoms. The van der Waals surface area contributed by atoms with Crippen LogP contribution in [-0.2, 0) is 19.4 Å². The zero-order chi connectivity index (χ0) is 12.6. The minimum absolute atomic E-state index is 0.00306. The Balaban J connectivity index is 4.55. The van der Waals surface area contributed by atoms with E-state index < -0.39 is 0 Å². The summed E-state index contributed by atoms with van der Waals surface area (Å²) in [6, 6.07) is 1.86. The van der Waals surface area contributed by atoms with Gasteiger partial charge in [-0.15, -0.1) is 0 Å². The molecule has 0 saturated heterocycles. The first-order chi connectivity index (χ1) is 7.51. The summed E-state index contributed by atoms with van der Waals surface area (Å²) in [6.45, 7) is 15.9. The third kappa shape index (κ3) is 6.06. The Hall–Kier alpha value is -1.51. The second-order valence-electron chi connectivity index (χ2n) is 3.00. The number of hydrogen-bond donors (Lipinski definition) is 1. The molecule has 0 fully saturated rings. The average Bonchev–Trinajstić information content (AvgIpc) is 2.22. The average molecular weight is 383 g/mol. The molecule has 0 aromatic carbocycles. The molecule has 4 nitrogen and oxygen atoms in total. The van der Waals surface area contributed by atoms with Crippen LogP contribution in [0.1, 0.15) is 13.8 Å². The molecule has 0 saturated carbocycles. The van der Waals surface area contributed by atoms with E-state index in [1.807, 2.05) is 19.1 Å². The number of hydrogen-bond acceptors (Lipinski definition) is 3. The molecule has 0 aliphatic rings. The van der Waals surface area contributed by atoms with E-state index in [1.54, 1.807) is 6.92 Å². The van der Waals surface area contributed by atoms with E-state index in [9.17, 15) is 0 Å². The maximum atomic E-state index is 8.65. The van der Waals surface area contributed by atoms with Crippen LogP contribution in [0, 0.1) is 24.5 Å². The Morgan fingerprint density at radius 3 is 2.75 bits per heavy atom. The van der Waals surface area contributed by atoms with E-state index >= 15 is 0 Å². The van der Waals surface area contributed by atoms with Crippen LogP contribution in [0.4, 0.5) is 0 Å². The molecule has 0 aromatic heterocycles. The number of hydrazone groups is 1. The zero-order valence-electron chi connectivity index (χ0n) is 9.11. The third-order valence-electron chi connectivity index (χ3n) is 1.45. The second-order valence-corrected chi connectivity index (χ2v) is 4.47. The van der Waals surface area contributed by atoms with Crippen molar-refractivity contribution in [2.75, 3.05) is 6.54 Å². The topological polar surface area (TPSA) is 52.5 Å². The Bertz CT molecular complexity index is 432. The molecule has 0 aliphatic carbocycles. The van der Waals surface area contributed by atoms with Gasteiger partial charge in [0, 0.05) is 0 Å². The molecule has 0 bridgehead atoms. The van der Waals surface area contributed by atoms with Gasteiger partial charge in [0.15, 0.2) is 0 Å². The molecule has 16 heavy (non-hydrogen) atoms. The van der Waals surface area contributed by atoms with Crippen molar-refractivity contribution in [1.29, 1.82) is 5.26 Å². The predicted octanol–water partition coefficient (Wildman–Crippen LogP) is 1.38. The molecule has 0 amide bonds. The summed E-state index contributed by atoms with van der Waals surface area (Å²) in [5.74, 6) is 0. The summed E-state index contributed by atoms with van der Waals surface area (Å²) in [5, 5.41) is 12.5. The number of nitrogens with zero attached hydrogens (tertiary/aromatic N) is 3. The molecule has 0 heterocycles. The maximum absolute atomic E-state index is 8.65. The van der Waals surface area contributed by atoms with Crippen molar-refractivity contribution in [2.45, 2.75) is 13.8 Å². The van der Waals surface area contributed by atoms with Crippen LogP contribution in [0.15, 0.2) is 22.3 Å². The van der Waals surface area contributed by atoms with Crippen molar-refractivity contribution in [3.05, 3.63) is 35.2 Å². The first-order valence-electron chi connectivity index (χ1n) is 4.38. The van der Waals surface area contributed by atoms with E-state index in [4.69, 9.17) is 18.4 Å². The molecule has 5 heteroatoms. The summed E-state index contributed by atoms with van der Waals surface area (Å²) in [5.41, 5.74) is 4.62. The van der Waals surface area contributed by atoms with Gasteiger partial charge in [0.2, 0.25) is 0 Å². The zero-order valence-corrected chi connectivity index (χ0v) is 12.0. The Morgan fingerprint density at radius 1 is 1.69 bits per heavy atom. The van der Waals surface area contributed by atoms with Crippen molar-refractivity contribution in [1.82, 2.24) is 5.43 Å². The van der Waals surface area contributed by atoms with Gasteiger partial charge in [0.25, 0.3) is 0 Å². The summed E-state index contributed by atoms with van der Waals surface area (Å²) in [6.07, 6.45) is 1.83. The molecule has 0 atom stereocenters. The van der Waals surface area contributed by atoms with Gasteiger partial charge in [-0.1, -0.05) is 0 Å². The van der Waals surface area contributed by atoms with Crippen LogP contribution in [0.3, 0.4) is 0 Å². The Kier molecular flexibility index (Phi) is 7.01. The van der Waals surface area contributed by atoms with Crippen molar-refractivity contribution in [3.63, 3.8) is 0 Å². The number of allylic oxidation sites excluding steroid dienone is 2. The number of nitrogens with one attached hydrogen (secondary N) is 1.